The van der Waals surface area contributed by atoms with Crippen LogP contribution in [0.4, 0.5) is 14.3 Å². The minimum Gasteiger partial charge on any atom is -0.719 e. The Labute approximate surface area is 129 Å². The molecule has 106 valence electrons. The van der Waals surface area contributed by atoms with E-state index in [0.29, 0.717) is 16.6 Å². The van der Waals surface area contributed by atoms with Crippen molar-refractivity contribution in [2.45, 2.75) is 0 Å². The van der Waals surface area contributed by atoms with E-state index in [0.717, 1.165) is 10.2 Å². The molecule has 0 spiro atoms. The SMILES string of the molecule is O=C([S-])Nc1nc2ccc(Oc3ccc(F)cc3)cc2s1. The Bertz CT molecular complexity index is 802. The number of hydrogen-bond acceptors (Lipinski definition) is 5. The summed E-state index contributed by atoms with van der Waals surface area (Å²) in [6.07, 6.45) is 0. The molecule has 7 heteroatoms. The molecule has 0 aliphatic rings. The quantitative estimate of drug-likeness (QED) is 0.731. The molecular formula is C14H8FN2O2S2-. The molecule has 3 aromatic rings. The Morgan fingerprint density at radius 2 is 1.90 bits per heavy atom. The molecule has 0 saturated carbocycles. The maximum Gasteiger partial charge on any atom is 0.189 e. The summed E-state index contributed by atoms with van der Waals surface area (Å²) in [4.78, 5) is 15.1. The number of aromatic nitrogens is 1. The number of ether oxygens (including phenoxy) is 1. The Balaban J connectivity index is 1.86. The average Bonchev–Trinajstić information content (AvgIpc) is 2.82. The van der Waals surface area contributed by atoms with E-state index in [4.69, 9.17) is 4.74 Å². The van der Waals surface area contributed by atoms with Crippen LogP contribution >= 0.6 is 11.3 Å². The lowest BCUT2D eigenvalue weighted by atomic mass is 10.3. The van der Waals surface area contributed by atoms with Crippen molar-refractivity contribution in [1.82, 2.24) is 4.98 Å². The maximum absolute atomic E-state index is 12.8. The van der Waals surface area contributed by atoms with Gasteiger partial charge in [0.2, 0.25) is 0 Å². The molecule has 0 radical (unpaired) electrons. The fourth-order valence-electron chi connectivity index (χ4n) is 1.75. The molecular weight excluding hydrogens is 311 g/mol. The molecule has 0 aliphatic carbocycles. The van der Waals surface area contributed by atoms with Crippen LogP contribution in [0.3, 0.4) is 0 Å². The number of amides is 1. The zero-order valence-electron chi connectivity index (χ0n) is 10.5. The van der Waals surface area contributed by atoms with E-state index in [-0.39, 0.29) is 5.82 Å². The number of thiazole rings is 1. The van der Waals surface area contributed by atoms with Crippen LogP contribution < -0.4 is 10.1 Å². The number of hydrogen-bond donors (Lipinski definition) is 1. The van der Waals surface area contributed by atoms with Crippen LogP contribution in [0.15, 0.2) is 42.5 Å². The van der Waals surface area contributed by atoms with Crippen molar-refractivity contribution in [2.75, 3.05) is 5.32 Å². The molecule has 1 amide bonds. The van der Waals surface area contributed by atoms with E-state index in [1.807, 2.05) is 0 Å². The third-order valence-corrected chi connectivity index (χ3v) is 3.65. The minimum absolute atomic E-state index is 0.315. The van der Waals surface area contributed by atoms with Crippen LogP contribution in [0.25, 0.3) is 10.2 Å². The number of fused-ring (bicyclic) bond motifs is 1. The van der Waals surface area contributed by atoms with Crippen LogP contribution in [0, 0.1) is 5.82 Å². The largest absolute Gasteiger partial charge is 0.719 e. The molecule has 0 atom stereocenters. The van der Waals surface area contributed by atoms with E-state index >= 15 is 0 Å². The third kappa shape index (κ3) is 3.26. The van der Waals surface area contributed by atoms with Crippen molar-refractivity contribution in [3.63, 3.8) is 0 Å². The molecule has 1 heterocycles. The molecule has 3 rings (SSSR count). The summed E-state index contributed by atoms with van der Waals surface area (Å²) in [5, 5.41) is 2.35. The third-order valence-electron chi connectivity index (χ3n) is 2.62. The van der Waals surface area contributed by atoms with E-state index in [2.05, 4.69) is 22.9 Å². The van der Waals surface area contributed by atoms with E-state index in [1.165, 1.54) is 23.5 Å². The average molecular weight is 319 g/mol. The Morgan fingerprint density at radius 1 is 1.19 bits per heavy atom. The van der Waals surface area contributed by atoms with Crippen molar-refractivity contribution in [3.05, 3.63) is 48.3 Å². The lowest BCUT2D eigenvalue weighted by Gasteiger charge is -2.04. The van der Waals surface area contributed by atoms with Gasteiger partial charge in [-0.2, -0.15) is 0 Å². The van der Waals surface area contributed by atoms with Crippen LogP contribution in [0.2, 0.25) is 0 Å². The first-order valence-electron chi connectivity index (χ1n) is 5.92. The monoisotopic (exact) mass is 319 g/mol. The molecule has 21 heavy (non-hydrogen) atoms. The zero-order valence-corrected chi connectivity index (χ0v) is 12.1. The van der Waals surface area contributed by atoms with Gasteiger partial charge in [0.15, 0.2) is 5.13 Å². The van der Waals surface area contributed by atoms with Gasteiger partial charge in [0, 0.05) is 6.07 Å². The highest BCUT2D eigenvalue weighted by atomic mass is 32.1. The van der Waals surface area contributed by atoms with Gasteiger partial charge >= 0.3 is 0 Å². The van der Waals surface area contributed by atoms with Crippen LogP contribution in [-0.2, 0) is 12.6 Å². The number of anilines is 1. The number of benzene rings is 2. The molecule has 0 unspecified atom stereocenters. The minimum atomic E-state index is -0.572. The van der Waals surface area contributed by atoms with Gasteiger partial charge in [-0.3, -0.25) is 0 Å². The standard InChI is InChI=1S/C14H9FN2O2S2/c15-8-1-3-9(4-2-8)19-10-5-6-11-12(7-10)21-13(16-11)17-14(18)20/h1-7H,(H2,16,17,18,20)/p-1. The van der Waals surface area contributed by atoms with Gasteiger partial charge in [-0.05, 0) is 36.4 Å². The first-order chi connectivity index (χ1) is 10.1. The maximum atomic E-state index is 12.8. The number of carbonyl (C=O) groups excluding carboxylic acids is 1. The second-order valence-corrected chi connectivity index (χ2v) is 5.52. The van der Waals surface area contributed by atoms with Crippen LogP contribution in [-0.4, -0.2) is 10.2 Å². The van der Waals surface area contributed by atoms with E-state index in [9.17, 15) is 9.18 Å². The predicted octanol–water partition coefficient (Wildman–Crippen LogP) is 4.31. The lowest BCUT2D eigenvalue weighted by Crippen LogP contribution is -2.03. The summed E-state index contributed by atoms with van der Waals surface area (Å²) < 4.78 is 19.3. The van der Waals surface area contributed by atoms with E-state index in [1.54, 1.807) is 30.3 Å². The Kier molecular flexibility index (Phi) is 3.68. The zero-order chi connectivity index (χ0) is 14.8. The number of nitrogens with zero attached hydrogens (tertiary/aromatic N) is 1. The molecule has 1 aromatic heterocycles. The number of rotatable bonds is 3. The summed E-state index contributed by atoms with van der Waals surface area (Å²) in [5.74, 6) is 0.831. The molecule has 4 nitrogen and oxygen atoms in total. The molecule has 0 fully saturated rings. The fourth-order valence-corrected chi connectivity index (χ4v) is 2.80. The van der Waals surface area contributed by atoms with Gasteiger partial charge in [0.25, 0.3) is 0 Å². The van der Waals surface area contributed by atoms with Gasteiger partial charge in [-0.25, -0.2) is 9.37 Å². The van der Waals surface area contributed by atoms with Crippen molar-refractivity contribution >= 4 is 44.6 Å². The topological polar surface area (TPSA) is 51.2 Å². The van der Waals surface area contributed by atoms with Gasteiger partial charge < -0.3 is 27.5 Å². The first-order valence-corrected chi connectivity index (χ1v) is 7.15. The number of halogens is 1. The normalized spacial score (nSPS) is 10.5. The van der Waals surface area contributed by atoms with Crippen molar-refractivity contribution in [3.8, 4) is 11.5 Å². The van der Waals surface area contributed by atoms with Crippen LogP contribution in [0.1, 0.15) is 0 Å². The summed E-state index contributed by atoms with van der Waals surface area (Å²) >= 11 is 5.75. The van der Waals surface area contributed by atoms with Crippen LogP contribution in [0.5, 0.6) is 11.5 Å². The van der Waals surface area contributed by atoms with Crippen molar-refractivity contribution < 1.29 is 13.9 Å². The van der Waals surface area contributed by atoms with E-state index < -0.39 is 5.24 Å². The highest BCUT2D eigenvalue weighted by molar-refractivity contribution is 7.77. The predicted molar refractivity (Wildman–Crippen MR) is 82.5 cm³/mol. The highest BCUT2D eigenvalue weighted by Crippen LogP contribution is 2.31. The molecule has 1 N–H and O–H groups in total. The highest BCUT2D eigenvalue weighted by Gasteiger charge is 2.06. The number of carbonyl (C=O) groups is 1. The molecule has 0 saturated heterocycles. The molecule has 0 bridgehead atoms. The second kappa shape index (κ2) is 5.63. The molecule has 2 aromatic carbocycles. The fraction of sp³-hybridized carbons (Fsp3) is 0. The van der Waals surface area contributed by atoms with Gasteiger partial charge in [0.05, 0.1) is 10.2 Å². The summed E-state index contributed by atoms with van der Waals surface area (Å²) in [7, 11) is 0. The number of nitrogens with one attached hydrogen (secondary N) is 1. The smallest absolute Gasteiger partial charge is 0.189 e. The van der Waals surface area contributed by atoms with Gasteiger partial charge in [-0.15, -0.1) is 0 Å². The summed E-state index contributed by atoms with van der Waals surface area (Å²) in [6, 6.07) is 11.1. The van der Waals surface area contributed by atoms with Gasteiger partial charge in [0.1, 0.15) is 22.6 Å². The second-order valence-electron chi connectivity index (χ2n) is 4.12. The molecule has 0 aliphatic heterocycles. The Hall–Kier alpha value is -2.25. The van der Waals surface area contributed by atoms with Gasteiger partial charge in [-0.1, -0.05) is 11.3 Å². The summed E-state index contributed by atoms with van der Waals surface area (Å²) in [6.45, 7) is 0. The Morgan fingerprint density at radius 3 is 2.62 bits per heavy atom. The first kappa shape index (κ1) is 13.7. The lowest BCUT2D eigenvalue weighted by molar-refractivity contribution is 0.270. The summed E-state index contributed by atoms with van der Waals surface area (Å²) in [5.41, 5.74) is 0.741. The van der Waals surface area contributed by atoms with Crippen molar-refractivity contribution in [2.24, 2.45) is 0 Å². The van der Waals surface area contributed by atoms with Crippen molar-refractivity contribution in [1.29, 1.82) is 0 Å².